The SMILES string of the molecule is C[C@H]1CCNC[C@H]1C1=CB(O)Oc2cnc3[nH]ccc3c21. The van der Waals surface area contributed by atoms with Gasteiger partial charge in [0.2, 0.25) is 0 Å². The van der Waals surface area contributed by atoms with E-state index in [-0.39, 0.29) is 0 Å². The highest BCUT2D eigenvalue weighted by molar-refractivity contribution is 6.52. The normalized spacial score (nSPS) is 25.4. The zero-order valence-corrected chi connectivity index (χ0v) is 12.0. The van der Waals surface area contributed by atoms with Gasteiger partial charge in [-0.3, -0.25) is 0 Å². The summed E-state index contributed by atoms with van der Waals surface area (Å²) in [6.45, 7) is 4.28. The third-order valence-corrected chi connectivity index (χ3v) is 4.64. The summed E-state index contributed by atoms with van der Waals surface area (Å²) in [4.78, 5) is 7.50. The first-order chi connectivity index (χ1) is 10.2. The molecule has 3 N–H and O–H groups in total. The van der Waals surface area contributed by atoms with Crippen LogP contribution in [0.1, 0.15) is 18.9 Å². The Hall–Kier alpha value is -1.79. The molecule has 5 nitrogen and oxygen atoms in total. The lowest BCUT2D eigenvalue weighted by atomic mass is 9.72. The molecule has 4 rings (SSSR count). The number of nitrogens with zero attached hydrogens (tertiary/aromatic N) is 1. The van der Waals surface area contributed by atoms with E-state index >= 15 is 0 Å². The molecule has 1 fully saturated rings. The van der Waals surface area contributed by atoms with Crippen molar-refractivity contribution in [3.63, 3.8) is 0 Å². The predicted octanol–water partition coefficient (Wildman–Crippen LogP) is 1.60. The Kier molecular flexibility index (Phi) is 3.01. The number of hydrogen-bond donors (Lipinski definition) is 3. The maximum Gasteiger partial charge on any atom is 0.552 e. The molecule has 0 aliphatic carbocycles. The monoisotopic (exact) mass is 283 g/mol. The average Bonchev–Trinajstić information content (AvgIpc) is 2.95. The fraction of sp³-hybridized carbons (Fsp3) is 0.400. The highest BCUT2D eigenvalue weighted by atomic mass is 16.5. The Labute approximate surface area is 123 Å². The van der Waals surface area contributed by atoms with Crippen LogP contribution in [-0.2, 0) is 0 Å². The molecule has 1 saturated heterocycles. The molecule has 0 spiro atoms. The maximum atomic E-state index is 10.0. The molecule has 0 saturated carbocycles. The Bertz CT molecular complexity index is 712. The highest BCUT2D eigenvalue weighted by Gasteiger charge is 2.33. The van der Waals surface area contributed by atoms with Crippen LogP contribution in [0.4, 0.5) is 0 Å². The van der Waals surface area contributed by atoms with Crippen molar-refractivity contribution in [3.8, 4) is 5.75 Å². The maximum absolute atomic E-state index is 10.0. The van der Waals surface area contributed by atoms with Crippen molar-refractivity contribution < 1.29 is 9.68 Å². The van der Waals surface area contributed by atoms with Crippen molar-refractivity contribution in [2.75, 3.05) is 13.1 Å². The van der Waals surface area contributed by atoms with Crippen molar-refractivity contribution in [2.24, 2.45) is 11.8 Å². The molecule has 108 valence electrons. The minimum absolute atomic E-state index is 0.386. The second-order valence-corrected chi connectivity index (χ2v) is 5.94. The van der Waals surface area contributed by atoms with E-state index in [0.29, 0.717) is 17.6 Å². The van der Waals surface area contributed by atoms with Crippen LogP contribution < -0.4 is 9.97 Å². The second kappa shape index (κ2) is 4.89. The zero-order chi connectivity index (χ0) is 14.4. The third-order valence-electron chi connectivity index (χ3n) is 4.64. The van der Waals surface area contributed by atoms with Crippen molar-refractivity contribution >= 4 is 23.7 Å². The third kappa shape index (κ3) is 2.06. The summed E-state index contributed by atoms with van der Waals surface area (Å²) in [7, 11) is -0.889. The van der Waals surface area contributed by atoms with Crippen LogP contribution in [0.25, 0.3) is 16.6 Å². The molecule has 0 bridgehead atoms. The number of nitrogens with one attached hydrogen (secondary N) is 2. The van der Waals surface area contributed by atoms with Gasteiger partial charge in [-0.05, 0) is 42.4 Å². The van der Waals surface area contributed by atoms with E-state index < -0.39 is 7.12 Å². The Balaban J connectivity index is 1.88. The van der Waals surface area contributed by atoms with Gasteiger partial charge in [-0.1, -0.05) is 6.92 Å². The summed E-state index contributed by atoms with van der Waals surface area (Å²) in [6.07, 6.45) is 4.74. The lowest BCUT2D eigenvalue weighted by Crippen LogP contribution is -2.37. The molecule has 2 aliphatic rings. The number of hydrogen-bond acceptors (Lipinski definition) is 4. The van der Waals surface area contributed by atoms with E-state index in [1.165, 1.54) is 5.57 Å². The van der Waals surface area contributed by atoms with Gasteiger partial charge in [0, 0.05) is 23.7 Å². The molecular formula is C15H18BN3O2. The van der Waals surface area contributed by atoms with Gasteiger partial charge in [0.05, 0.1) is 6.20 Å². The number of fused-ring (bicyclic) bond motifs is 3. The van der Waals surface area contributed by atoms with Gasteiger partial charge in [-0.2, -0.15) is 0 Å². The van der Waals surface area contributed by atoms with E-state index in [0.717, 1.165) is 36.1 Å². The summed E-state index contributed by atoms with van der Waals surface area (Å²) in [5, 5.41) is 14.5. The Morgan fingerprint density at radius 3 is 3.24 bits per heavy atom. The summed E-state index contributed by atoms with van der Waals surface area (Å²) >= 11 is 0. The number of aromatic amines is 1. The molecule has 0 amide bonds. The molecule has 2 aromatic rings. The molecular weight excluding hydrogens is 265 g/mol. The molecule has 2 aromatic heterocycles. The van der Waals surface area contributed by atoms with Crippen LogP contribution in [0.5, 0.6) is 5.75 Å². The fourth-order valence-corrected chi connectivity index (χ4v) is 3.49. The van der Waals surface area contributed by atoms with Gasteiger partial charge in [0.25, 0.3) is 0 Å². The first-order valence-electron chi connectivity index (χ1n) is 7.47. The average molecular weight is 283 g/mol. The van der Waals surface area contributed by atoms with E-state index in [1.807, 2.05) is 18.2 Å². The smallest absolute Gasteiger partial charge is 0.531 e. The van der Waals surface area contributed by atoms with Crippen LogP contribution in [0.15, 0.2) is 24.4 Å². The topological polar surface area (TPSA) is 70.2 Å². The Morgan fingerprint density at radius 1 is 1.48 bits per heavy atom. The highest BCUT2D eigenvalue weighted by Crippen LogP contribution is 2.42. The molecule has 2 atom stereocenters. The summed E-state index contributed by atoms with van der Waals surface area (Å²) in [6, 6.07) is 2.02. The van der Waals surface area contributed by atoms with Crippen LogP contribution in [0.2, 0.25) is 0 Å². The molecule has 21 heavy (non-hydrogen) atoms. The number of aromatic nitrogens is 2. The second-order valence-electron chi connectivity index (χ2n) is 5.94. The van der Waals surface area contributed by atoms with E-state index in [4.69, 9.17) is 4.65 Å². The lowest BCUT2D eigenvalue weighted by molar-refractivity contribution is 0.331. The van der Waals surface area contributed by atoms with Gasteiger partial charge in [0.1, 0.15) is 11.4 Å². The van der Waals surface area contributed by atoms with Gasteiger partial charge in [-0.25, -0.2) is 4.98 Å². The molecule has 0 radical (unpaired) electrons. The molecule has 4 heterocycles. The molecule has 2 aliphatic heterocycles. The first-order valence-corrected chi connectivity index (χ1v) is 7.47. The fourth-order valence-electron chi connectivity index (χ4n) is 3.49. The summed E-state index contributed by atoms with van der Waals surface area (Å²) in [5.74, 6) is 3.49. The molecule has 6 heteroatoms. The van der Waals surface area contributed by atoms with Gasteiger partial charge >= 0.3 is 7.12 Å². The van der Waals surface area contributed by atoms with E-state index in [2.05, 4.69) is 22.2 Å². The van der Waals surface area contributed by atoms with Crippen molar-refractivity contribution in [3.05, 3.63) is 30.0 Å². The number of pyridine rings is 1. The summed E-state index contributed by atoms with van der Waals surface area (Å²) < 4.78 is 5.55. The quantitative estimate of drug-likeness (QED) is 0.695. The van der Waals surface area contributed by atoms with Crippen LogP contribution in [0, 0.1) is 11.8 Å². The van der Waals surface area contributed by atoms with Gasteiger partial charge in [0.15, 0.2) is 0 Å². The largest absolute Gasteiger partial charge is 0.552 e. The van der Waals surface area contributed by atoms with Crippen LogP contribution in [-0.4, -0.2) is 35.2 Å². The first kappa shape index (κ1) is 12.9. The van der Waals surface area contributed by atoms with Gasteiger partial charge < -0.3 is 20.0 Å². The summed E-state index contributed by atoms with van der Waals surface area (Å²) in [5.41, 5.74) is 3.11. The Morgan fingerprint density at radius 2 is 2.38 bits per heavy atom. The van der Waals surface area contributed by atoms with Crippen LogP contribution >= 0.6 is 0 Å². The van der Waals surface area contributed by atoms with Crippen molar-refractivity contribution in [1.29, 1.82) is 0 Å². The lowest BCUT2D eigenvalue weighted by Gasteiger charge is -2.34. The number of piperidine rings is 1. The van der Waals surface area contributed by atoms with Crippen molar-refractivity contribution in [2.45, 2.75) is 13.3 Å². The zero-order valence-electron chi connectivity index (χ0n) is 12.0. The minimum atomic E-state index is -0.889. The van der Waals surface area contributed by atoms with Crippen LogP contribution in [0.3, 0.4) is 0 Å². The minimum Gasteiger partial charge on any atom is -0.531 e. The number of H-pyrrole nitrogens is 1. The predicted molar refractivity (Wildman–Crippen MR) is 82.8 cm³/mol. The number of rotatable bonds is 1. The standard InChI is InChI=1S/C15H18BN3O2/c1-9-2-4-17-7-12(9)11-6-16(20)21-13-8-19-15-10(14(11)13)3-5-18-15/h3,5-6,8-9,12,17,20H,2,4,7H2,1H3,(H,18,19)/t9-,12+/m0/s1. The molecule has 0 unspecified atom stereocenters. The van der Waals surface area contributed by atoms with E-state index in [9.17, 15) is 5.02 Å². The van der Waals surface area contributed by atoms with Crippen molar-refractivity contribution in [1.82, 2.24) is 15.3 Å². The molecule has 0 aromatic carbocycles. The van der Waals surface area contributed by atoms with Gasteiger partial charge in [-0.15, -0.1) is 0 Å². The van der Waals surface area contributed by atoms with E-state index in [1.54, 1.807) is 6.20 Å².